The predicted octanol–water partition coefficient (Wildman–Crippen LogP) is 1.83. The van der Waals surface area contributed by atoms with Crippen LogP contribution in [0.5, 0.6) is 0 Å². The molecule has 3 nitrogen and oxygen atoms in total. The Morgan fingerprint density at radius 2 is 2.25 bits per heavy atom. The van der Waals surface area contributed by atoms with E-state index < -0.39 is 0 Å². The summed E-state index contributed by atoms with van der Waals surface area (Å²) >= 11 is 3.39. The SMILES string of the molecule is CC(C)Cc1[nH]c(CN)nc1Br. The molecule has 0 saturated heterocycles. The standard InChI is InChI=1S/C8H14BrN3/c1-5(2)3-6-8(9)12-7(4-10)11-6/h5H,3-4,10H2,1-2H3,(H,11,12). The average Bonchev–Trinajstić information content (AvgIpc) is 2.31. The molecule has 68 valence electrons. The van der Waals surface area contributed by atoms with Crippen LogP contribution >= 0.6 is 15.9 Å². The summed E-state index contributed by atoms with van der Waals surface area (Å²) in [5, 5.41) is 0. The van der Waals surface area contributed by atoms with Crippen LogP contribution in [0.4, 0.5) is 0 Å². The second-order valence-corrected chi connectivity index (χ2v) is 4.01. The number of halogens is 1. The Balaban J connectivity index is 2.77. The van der Waals surface area contributed by atoms with Gasteiger partial charge in [0.2, 0.25) is 0 Å². The summed E-state index contributed by atoms with van der Waals surface area (Å²) in [5.41, 5.74) is 6.59. The summed E-state index contributed by atoms with van der Waals surface area (Å²) in [5.74, 6) is 1.48. The van der Waals surface area contributed by atoms with E-state index in [4.69, 9.17) is 5.73 Å². The van der Waals surface area contributed by atoms with E-state index in [1.165, 1.54) is 0 Å². The largest absolute Gasteiger partial charge is 0.344 e. The van der Waals surface area contributed by atoms with Crippen molar-refractivity contribution < 1.29 is 0 Å². The molecule has 1 aromatic heterocycles. The summed E-state index contributed by atoms with van der Waals surface area (Å²) in [7, 11) is 0. The van der Waals surface area contributed by atoms with Gasteiger partial charge in [0.05, 0.1) is 6.54 Å². The van der Waals surface area contributed by atoms with Crippen LogP contribution in [0.2, 0.25) is 0 Å². The maximum absolute atomic E-state index is 5.45. The highest BCUT2D eigenvalue weighted by molar-refractivity contribution is 9.10. The first kappa shape index (κ1) is 9.74. The number of aromatic nitrogens is 2. The fourth-order valence-corrected chi connectivity index (χ4v) is 1.55. The lowest BCUT2D eigenvalue weighted by Gasteiger charge is -2.00. The fourth-order valence-electron chi connectivity index (χ4n) is 1.08. The van der Waals surface area contributed by atoms with Gasteiger partial charge in [-0.05, 0) is 28.3 Å². The van der Waals surface area contributed by atoms with E-state index in [-0.39, 0.29) is 0 Å². The number of hydrogen-bond acceptors (Lipinski definition) is 2. The Bertz CT molecular complexity index is 255. The van der Waals surface area contributed by atoms with Crippen LogP contribution in [0.3, 0.4) is 0 Å². The minimum absolute atomic E-state index is 0.469. The third kappa shape index (κ3) is 2.32. The second kappa shape index (κ2) is 4.05. The first-order valence-corrected chi connectivity index (χ1v) is 4.86. The van der Waals surface area contributed by atoms with Gasteiger partial charge in [-0.15, -0.1) is 0 Å². The molecule has 0 radical (unpaired) electrons. The minimum Gasteiger partial charge on any atom is -0.344 e. The van der Waals surface area contributed by atoms with E-state index >= 15 is 0 Å². The van der Waals surface area contributed by atoms with Gasteiger partial charge in [-0.1, -0.05) is 13.8 Å². The van der Waals surface area contributed by atoms with Crippen molar-refractivity contribution in [2.75, 3.05) is 0 Å². The zero-order valence-corrected chi connectivity index (χ0v) is 8.98. The number of aromatic amines is 1. The summed E-state index contributed by atoms with van der Waals surface area (Å²) in [6, 6.07) is 0. The van der Waals surface area contributed by atoms with Crippen molar-refractivity contribution in [1.29, 1.82) is 0 Å². The van der Waals surface area contributed by atoms with E-state index in [1.807, 2.05) is 0 Å². The first-order chi connectivity index (χ1) is 5.63. The fraction of sp³-hybridized carbons (Fsp3) is 0.625. The maximum Gasteiger partial charge on any atom is 0.127 e. The van der Waals surface area contributed by atoms with Crippen LogP contribution in [-0.2, 0) is 13.0 Å². The van der Waals surface area contributed by atoms with Crippen LogP contribution in [-0.4, -0.2) is 9.97 Å². The Kier molecular flexibility index (Phi) is 3.29. The third-order valence-electron chi connectivity index (χ3n) is 1.58. The predicted molar refractivity (Wildman–Crippen MR) is 52.7 cm³/mol. The van der Waals surface area contributed by atoms with Crippen molar-refractivity contribution >= 4 is 15.9 Å². The Hall–Kier alpha value is -0.350. The first-order valence-electron chi connectivity index (χ1n) is 4.06. The van der Waals surface area contributed by atoms with Crippen molar-refractivity contribution in [1.82, 2.24) is 9.97 Å². The van der Waals surface area contributed by atoms with E-state index in [0.29, 0.717) is 12.5 Å². The molecule has 0 saturated carbocycles. The number of imidazole rings is 1. The van der Waals surface area contributed by atoms with Crippen molar-refractivity contribution in [2.24, 2.45) is 11.7 Å². The highest BCUT2D eigenvalue weighted by Crippen LogP contribution is 2.16. The zero-order chi connectivity index (χ0) is 9.14. The van der Waals surface area contributed by atoms with Crippen LogP contribution < -0.4 is 5.73 Å². The Morgan fingerprint density at radius 1 is 1.58 bits per heavy atom. The Labute approximate surface area is 80.9 Å². The molecule has 1 rings (SSSR count). The van der Waals surface area contributed by atoms with Gasteiger partial charge in [-0.2, -0.15) is 0 Å². The molecule has 12 heavy (non-hydrogen) atoms. The molecular formula is C8H14BrN3. The number of rotatable bonds is 3. The molecule has 0 aliphatic carbocycles. The number of nitrogens with one attached hydrogen (secondary N) is 1. The average molecular weight is 232 g/mol. The van der Waals surface area contributed by atoms with Gasteiger partial charge >= 0.3 is 0 Å². The monoisotopic (exact) mass is 231 g/mol. The molecule has 0 bridgehead atoms. The van der Waals surface area contributed by atoms with Gasteiger partial charge in [0.1, 0.15) is 10.4 Å². The van der Waals surface area contributed by atoms with Gasteiger partial charge < -0.3 is 10.7 Å². The topological polar surface area (TPSA) is 54.7 Å². The molecule has 0 spiro atoms. The van der Waals surface area contributed by atoms with Crippen LogP contribution in [0.25, 0.3) is 0 Å². The lowest BCUT2D eigenvalue weighted by atomic mass is 10.1. The van der Waals surface area contributed by atoms with Gasteiger partial charge in [-0.3, -0.25) is 0 Å². The molecule has 3 N–H and O–H groups in total. The zero-order valence-electron chi connectivity index (χ0n) is 7.39. The second-order valence-electron chi connectivity index (χ2n) is 3.25. The maximum atomic E-state index is 5.45. The molecule has 1 heterocycles. The number of H-pyrrole nitrogens is 1. The normalized spacial score (nSPS) is 11.1. The number of hydrogen-bond donors (Lipinski definition) is 2. The van der Waals surface area contributed by atoms with Crippen LogP contribution in [0.1, 0.15) is 25.4 Å². The van der Waals surface area contributed by atoms with Crippen LogP contribution in [0.15, 0.2) is 4.60 Å². The highest BCUT2D eigenvalue weighted by atomic mass is 79.9. The van der Waals surface area contributed by atoms with E-state index in [9.17, 15) is 0 Å². The molecule has 0 aromatic carbocycles. The Morgan fingerprint density at radius 3 is 2.67 bits per heavy atom. The summed E-state index contributed by atoms with van der Waals surface area (Å²) in [6.45, 7) is 4.82. The molecule has 0 atom stereocenters. The third-order valence-corrected chi connectivity index (χ3v) is 2.24. The molecule has 0 amide bonds. The van der Waals surface area contributed by atoms with Gasteiger partial charge in [0.25, 0.3) is 0 Å². The number of nitrogens with two attached hydrogens (primary N) is 1. The smallest absolute Gasteiger partial charge is 0.127 e. The van der Waals surface area contributed by atoms with Gasteiger partial charge in [-0.25, -0.2) is 4.98 Å². The summed E-state index contributed by atoms with van der Waals surface area (Å²) < 4.78 is 0.900. The molecule has 0 fully saturated rings. The van der Waals surface area contributed by atoms with E-state index in [1.54, 1.807) is 0 Å². The van der Waals surface area contributed by atoms with Crippen molar-refractivity contribution in [3.8, 4) is 0 Å². The molecule has 4 heteroatoms. The molecular weight excluding hydrogens is 218 g/mol. The number of nitrogens with zero attached hydrogens (tertiary/aromatic N) is 1. The lowest BCUT2D eigenvalue weighted by molar-refractivity contribution is 0.634. The molecule has 0 aliphatic heterocycles. The van der Waals surface area contributed by atoms with Crippen molar-refractivity contribution in [3.05, 3.63) is 16.1 Å². The highest BCUT2D eigenvalue weighted by Gasteiger charge is 2.07. The summed E-state index contributed by atoms with van der Waals surface area (Å²) in [4.78, 5) is 7.40. The molecule has 0 unspecified atom stereocenters. The molecule has 1 aromatic rings. The van der Waals surface area contributed by atoms with Gasteiger partial charge in [0.15, 0.2) is 0 Å². The van der Waals surface area contributed by atoms with Crippen molar-refractivity contribution in [2.45, 2.75) is 26.8 Å². The lowest BCUT2D eigenvalue weighted by Crippen LogP contribution is -1.99. The van der Waals surface area contributed by atoms with E-state index in [2.05, 4.69) is 39.7 Å². The van der Waals surface area contributed by atoms with E-state index in [0.717, 1.165) is 22.5 Å². The minimum atomic E-state index is 0.469. The summed E-state index contributed by atoms with van der Waals surface area (Å²) in [6.07, 6.45) is 1.01. The molecule has 0 aliphatic rings. The van der Waals surface area contributed by atoms with Crippen LogP contribution in [0, 0.1) is 5.92 Å². The van der Waals surface area contributed by atoms with Crippen molar-refractivity contribution in [3.63, 3.8) is 0 Å². The van der Waals surface area contributed by atoms with Gasteiger partial charge in [0, 0.05) is 5.69 Å². The quantitative estimate of drug-likeness (QED) is 0.835.